The molecule has 0 aliphatic carbocycles. The van der Waals surface area contributed by atoms with Gasteiger partial charge in [-0.25, -0.2) is 0 Å². The predicted molar refractivity (Wildman–Crippen MR) is 89.5 cm³/mol. The van der Waals surface area contributed by atoms with Gasteiger partial charge in [-0.2, -0.15) is 0 Å². The Bertz CT molecular complexity index is 407. The van der Waals surface area contributed by atoms with Crippen LogP contribution in [0.1, 0.15) is 17.2 Å². The largest absolute Gasteiger partial charge is 0.323 e. The van der Waals surface area contributed by atoms with Crippen LogP contribution in [0.3, 0.4) is 0 Å². The monoisotopic (exact) mass is 290 g/mol. The van der Waals surface area contributed by atoms with Gasteiger partial charge in [-0.1, -0.05) is 29.8 Å². The number of hydrogen-bond acceptors (Lipinski definition) is 4. The topological polar surface area (TPSA) is 35.7 Å². The number of piperazine rings is 1. The summed E-state index contributed by atoms with van der Waals surface area (Å²) < 4.78 is 0. The second kappa shape index (κ2) is 7.90. The van der Waals surface area contributed by atoms with E-state index in [4.69, 9.17) is 5.73 Å². The molecule has 1 aliphatic rings. The van der Waals surface area contributed by atoms with Gasteiger partial charge in [0.15, 0.2) is 0 Å². The first-order valence-corrected chi connectivity index (χ1v) is 7.96. The molecule has 0 amide bonds. The molecule has 1 fully saturated rings. The number of rotatable bonds is 6. The molecule has 1 aromatic carbocycles. The summed E-state index contributed by atoms with van der Waals surface area (Å²) >= 11 is 0. The molecule has 1 aliphatic heterocycles. The summed E-state index contributed by atoms with van der Waals surface area (Å²) in [6.45, 7) is 9.98. The van der Waals surface area contributed by atoms with E-state index in [-0.39, 0.29) is 6.04 Å². The van der Waals surface area contributed by atoms with Crippen LogP contribution < -0.4 is 5.73 Å². The molecule has 21 heavy (non-hydrogen) atoms. The number of nitrogens with zero attached hydrogens (tertiary/aromatic N) is 3. The van der Waals surface area contributed by atoms with Gasteiger partial charge >= 0.3 is 0 Å². The van der Waals surface area contributed by atoms with Crippen LogP contribution in [0.4, 0.5) is 0 Å². The summed E-state index contributed by atoms with van der Waals surface area (Å²) in [4.78, 5) is 7.30. The Morgan fingerprint density at radius 3 is 2.19 bits per heavy atom. The van der Waals surface area contributed by atoms with Gasteiger partial charge in [-0.3, -0.25) is 9.80 Å². The zero-order valence-corrected chi connectivity index (χ0v) is 13.8. The summed E-state index contributed by atoms with van der Waals surface area (Å²) in [5.74, 6) is 0. The van der Waals surface area contributed by atoms with Crippen LogP contribution in [0.15, 0.2) is 24.3 Å². The minimum atomic E-state index is 0.124. The van der Waals surface area contributed by atoms with Crippen molar-refractivity contribution in [3.8, 4) is 0 Å². The van der Waals surface area contributed by atoms with E-state index in [0.29, 0.717) is 0 Å². The van der Waals surface area contributed by atoms with E-state index in [0.717, 1.165) is 39.3 Å². The Morgan fingerprint density at radius 1 is 1.05 bits per heavy atom. The van der Waals surface area contributed by atoms with Crippen molar-refractivity contribution < 1.29 is 0 Å². The number of aryl methyl sites for hydroxylation is 1. The fourth-order valence-corrected chi connectivity index (χ4v) is 2.73. The highest BCUT2D eigenvalue weighted by atomic mass is 15.3. The first-order valence-electron chi connectivity index (χ1n) is 7.96. The van der Waals surface area contributed by atoms with Gasteiger partial charge in [-0.05, 0) is 26.6 Å². The molecule has 0 bridgehead atoms. The van der Waals surface area contributed by atoms with Crippen LogP contribution >= 0.6 is 0 Å². The number of likely N-dealkylation sites (N-methyl/N-ethyl adjacent to an activating group) is 1. The quantitative estimate of drug-likeness (QED) is 0.853. The third-order valence-electron chi connectivity index (χ3n) is 4.29. The van der Waals surface area contributed by atoms with E-state index in [9.17, 15) is 0 Å². The number of hydrogen-bond donors (Lipinski definition) is 1. The SMILES string of the molecule is Cc1ccc(C(N)CN2CCN(CCN(C)C)CC2)cc1. The summed E-state index contributed by atoms with van der Waals surface area (Å²) in [6, 6.07) is 8.74. The molecule has 0 radical (unpaired) electrons. The maximum Gasteiger partial charge on any atom is 0.0424 e. The predicted octanol–water partition coefficient (Wildman–Crippen LogP) is 1.17. The third-order valence-corrected chi connectivity index (χ3v) is 4.29. The van der Waals surface area contributed by atoms with Crippen LogP contribution in [0, 0.1) is 6.92 Å². The second-order valence-electron chi connectivity index (χ2n) is 6.46. The molecular weight excluding hydrogens is 260 g/mol. The molecule has 2 N–H and O–H groups in total. The number of benzene rings is 1. The smallest absolute Gasteiger partial charge is 0.0424 e. The van der Waals surface area contributed by atoms with Crippen molar-refractivity contribution in [1.82, 2.24) is 14.7 Å². The summed E-state index contributed by atoms with van der Waals surface area (Å²) in [5, 5.41) is 0. The standard InChI is InChI=1S/C17H30N4/c1-15-4-6-16(7-5-15)17(18)14-21-12-10-20(11-13-21)9-8-19(2)3/h4-7,17H,8-14,18H2,1-3H3. The average Bonchev–Trinajstić information content (AvgIpc) is 2.47. The van der Waals surface area contributed by atoms with Crippen LogP contribution in [-0.4, -0.2) is 74.6 Å². The molecule has 1 aromatic rings. The Labute approximate surface area is 129 Å². The van der Waals surface area contributed by atoms with E-state index in [2.05, 4.69) is 60.0 Å². The van der Waals surface area contributed by atoms with Crippen LogP contribution in [0.2, 0.25) is 0 Å². The van der Waals surface area contributed by atoms with Gasteiger partial charge in [0.05, 0.1) is 0 Å². The Balaban J connectivity index is 1.74. The van der Waals surface area contributed by atoms with E-state index in [1.165, 1.54) is 17.7 Å². The molecule has 1 heterocycles. The molecule has 118 valence electrons. The maximum atomic E-state index is 6.35. The van der Waals surface area contributed by atoms with Gasteiger partial charge in [-0.15, -0.1) is 0 Å². The molecule has 1 saturated heterocycles. The Morgan fingerprint density at radius 2 is 1.62 bits per heavy atom. The lowest BCUT2D eigenvalue weighted by atomic mass is 10.1. The Hall–Kier alpha value is -0.940. The van der Waals surface area contributed by atoms with Gasteiger partial charge in [0.25, 0.3) is 0 Å². The minimum Gasteiger partial charge on any atom is -0.323 e. The van der Waals surface area contributed by atoms with Crippen molar-refractivity contribution in [2.45, 2.75) is 13.0 Å². The van der Waals surface area contributed by atoms with Gasteiger partial charge in [0.2, 0.25) is 0 Å². The van der Waals surface area contributed by atoms with Crippen molar-refractivity contribution >= 4 is 0 Å². The molecule has 4 nitrogen and oxygen atoms in total. The first kappa shape index (κ1) is 16.4. The highest BCUT2D eigenvalue weighted by Gasteiger charge is 2.19. The minimum absolute atomic E-state index is 0.124. The van der Waals surface area contributed by atoms with Crippen molar-refractivity contribution in [3.63, 3.8) is 0 Å². The van der Waals surface area contributed by atoms with E-state index in [1.54, 1.807) is 0 Å². The van der Waals surface area contributed by atoms with Crippen molar-refractivity contribution in [1.29, 1.82) is 0 Å². The Kier molecular flexibility index (Phi) is 6.18. The fourth-order valence-electron chi connectivity index (χ4n) is 2.73. The summed E-state index contributed by atoms with van der Waals surface area (Å²) in [7, 11) is 4.27. The molecule has 1 atom stereocenters. The molecule has 1 unspecified atom stereocenters. The molecular formula is C17H30N4. The van der Waals surface area contributed by atoms with Crippen molar-refractivity contribution in [2.24, 2.45) is 5.73 Å². The van der Waals surface area contributed by atoms with Gasteiger partial charge in [0.1, 0.15) is 0 Å². The third kappa shape index (κ3) is 5.40. The lowest BCUT2D eigenvalue weighted by Gasteiger charge is -2.36. The van der Waals surface area contributed by atoms with E-state index < -0.39 is 0 Å². The summed E-state index contributed by atoms with van der Waals surface area (Å²) in [5.41, 5.74) is 8.89. The van der Waals surface area contributed by atoms with Crippen LogP contribution in [0.5, 0.6) is 0 Å². The zero-order valence-electron chi connectivity index (χ0n) is 13.8. The van der Waals surface area contributed by atoms with Crippen molar-refractivity contribution in [3.05, 3.63) is 35.4 Å². The van der Waals surface area contributed by atoms with Crippen LogP contribution in [0.25, 0.3) is 0 Å². The maximum absolute atomic E-state index is 6.35. The van der Waals surface area contributed by atoms with E-state index in [1.807, 2.05) is 0 Å². The lowest BCUT2D eigenvalue weighted by molar-refractivity contribution is 0.120. The van der Waals surface area contributed by atoms with Gasteiger partial charge in [0, 0.05) is 51.9 Å². The molecule has 0 aromatic heterocycles. The molecule has 4 heteroatoms. The van der Waals surface area contributed by atoms with E-state index >= 15 is 0 Å². The van der Waals surface area contributed by atoms with Crippen LogP contribution in [-0.2, 0) is 0 Å². The molecule has 2 rings (SSSR count). The average molecular weight is 290 g/mol. The summed E-state index contributed by atoms with van der Waals surface area (Å²) in [6.07, 6.45) is 0. The normalized spacial score (nSPS) is 19.1. The number of nitrogens with two attached hydrogens (primary N) is 1. The highest BCUT2D eigenvalue weighted by molar-refractivity contribution is 5.24. The molecule has 0 saturated carbocycles. The fraction of sp³-hybridized carbons (Fsp3) is 0.647. The van der Waals surface area contributed by atoms with Gasteiger partial charge < -0.3 is 10.6 Å². The zero-order chi connectivity index (χ0) is 15.2. The first-order chi connectivity index (χ1) is 10.0. The lowest BCUT2D eigenvalue weighted by Crippen LogP contribution is -2.49. The van der Waals surface area contributed by atoms with Crippen molar-refractivity contribution in [2.75, 3.05) is 59.9 Å². The highest BCUT2D eigenvalue weighted by Crippen LogP contribution is 2.14. The second-order valence-corrected chi connectivity index (χ2v) is 6.46. The molecule has 0 spiro atoms.